The molecule has 0 saturated heterocycles. The Hall–Kier alpha value is -2.17. The number of aromatic nitrogens is 1. The molecule has 1 heterocycles. The summed E-state index contributed by atoms with van der Waals surface area (Å²) < 4.78 is 7.19. The Morgan fingerprint density at radius 3 is 2.48 bits per heavy atom. The second-order valence-corrected chi connectivity index (χ2v) is 6.75. The predicted molar refractivity (Wildman–Crippen MR) is 104 cm³/mol. The lowest BCUT2D eigenvalue weighted by Gasteiger charge is -2.16. The van der Waals surface area contributed by atoms with Crippen LogP contribution in [0.1, 0.15) is 45.4 Å². The second kappa shape index (κ2) is 8.79. The van der Waals surface area contributed by atoms with E-state index in [1.54, 1.807) is 11.6 Å². The molecule has 1 aromatic heterocycles. The summed E-state index contributed by atoms with van der Waals surface area (Å²) in [5.74, 6) is -0.00412. The van der Waals surface area contributed by atoms with Crippen molar-refractivity contribution in [3.63, 3.8) is 0 Å². The van der Waals surface area contributed by atoms with Crippen LogP contribution in [-0.2, 0) is 7.05 Å². The van der Waals surface area contributed by atoms with E-state index in [0.29, 0.717) is 17.5 Å². The van der Waals surface area contributed by atoms with Crippen LogP contribution in [0.25, 0.3) is 10.9 Å². The molecule has 2 rings (SSSR count). The van der Waals surface area contributed by atoms with Crippen molar-refractivity contribution in [3.05, 3.63) is 28.6 Å². The van der Waals surface area contributed by atoms with Crippen molar-refractivity contribution in [1.29, 1.82) is 0 Å². The molecule has 0 aliphatic carbocycles. The first-order chi connectivity index (χ1) is 12.0. The van der Waals surface area contributed by atoms with Gasteiger partial charge in [-0.3, -0.25) is 4.79 Å². The summed E-state index contributed by atoms with van der Waals surface area (Å²) >= 11 is 0. The number of hydrogen-bond donors (Lipinski definition) is 1. The van der Waals surface area contributed by atoms with Crippen LogP contribution in [0.4, 0.5) is 5.69 Å². The molecule has 5 heteroatoms. The Bertz CT molecular complexity index is 766. The van der Waals surface area contributed by atoms with Gasteiger partial charge in [0.15, 0.2) is 5.75 Å². The Morgan fingerprint density at radius 2 is 1.80 bits per heavy atom. The van der Waals surface area contributed by atoms with E-state index >= 15 is 0 Å². The molecule has 0 saturated carbocycles. The van der Waals surface area contributed by atoms with Gasteiger partial charge in [-0.2, -0.15) is 0 Å². The molecule has 1 N–H and O–H groups in total. The summed E-state index contributed by atoms with van der Waals surface area (Å²) in [6.45, 7) is 2.65. The fourth-order valence-corrected chi connectivity index (χ4v) is 2.95. The SMILES string of the molecule is CCCCCCCCOc1c(O)c2ccc(N(C)C)cc2n(C)c1=O. The number of aromatic hydroxyl groups is 1. The molecule has 25 heavy (non-hydrogen) atoms. The van der Waals surface area contributed by atoms with Crippen molar-refractivity contribution < 1.29 is 9.84 Å². The maximum atomic E-state index is 12.6. The van der Waals surface area contributed by atoms with E-state index in [4.69, 9.17) is 4.74 Å². The lowest BCUT2D eigenvalue weighted by molar-refractivity contribution is 0.284. The highest BCUT2D eigenvalue weighted by Crippen LogP contribution is 2.33. The van der Waals surface area contributed by atoms with Crippen LogP contribution in [0.5, 0.6) is 11.5 Å². The van der Waals surface area contributed by atoms with Crippen molar-refractivity contribution in [3.8, 4) is 11.5 Å². The van der Waals surface area contributed by atoms with Crippen LogP contribution in [0.2, 0.25) is 0 Å². The second-order valence-electron chi connectivity index (χ2n) is 6.75. The number of benzene rings is 1. The summed E-state index contributed by atoms with van der Waals surface area (Å²) in [6, 6.07) is 5.65. The molecular weight excluding hydrogens is 316 g/mol. The molecule has 0 spiro atoms. The molecule has 0 fully saturated rings. The van der Waals surface area contributed by atoms with Gasteiger partial charge < -0.3 is 19.3 Å². The van der Waals surface area contributed by atoms with Crippen LogP contribution in [0.15, 0.2) is 23.0 Å². The lowest BCUT2D eigenvalue weighted by Crippen LogP contribution is -2.20. The molecule has 1 aromatic carbocycles. The zero-order chi connectivity index (χ0) is 18.4. The summed E-state index contributed by atoms with van der Waals surface area (Å²) in [6.07, 6.45) is 6.90. The van der Waals surface area contributed by atoms with E-state index in [1.807, 2.05) is 37.2 Å². The third-order valence-electron chi connectivity index (χ3n) is 4.57. The van der Waals surface area contributed by atoms with Gasteiger partial charge in [0.2, 0.25) is 5.75 Å². The van der Waals surface area contributed by atoms with Gasteiger partial charge in [0, 0.05) is 32.2 Å². The summed E-state index contributed by atoms with van der Waals surface area (Å²) in [5.41, 5.74) is 1.37. The number of pyridine rings is 1. The van der Waals surface area contributed by atoms with Gasteiger partial charge in [-0.1, -0.05) is 39.0 Å². The third-order valence-corrected chi connectivity index (χ3v) is 4.57. The van der Waals surface area contributed by atoms with Gasteiger partial charge in [-0.05, 0) is 24.6 Å². The number of nitrogens with zero attached hydrogens (tertiary/aromatic N) is 2. The van der Waals surface area contributed by atoms with Gasteiger partial charge in [-0.25, -0.2) is 0 Å². The highest BCUT2D eigenvalue weighted by molar-refractivity contribution is 5.90. The predicted octanol–water partition coefficient (Wildman–Crippen LogP) is 4.05. The van der Waals surface area contributed by atoms with Crippen LogP contribution in [0.3, 0.4) is 0 Å². The minimum absolute atomic E-state index is 0.0566. The molecule has 0 unspecified atom stereocenters. The zero-order valence-electron chi connectivity index (χ0n) is 15.8. The van der Waals surface area contributed by atoms with Crippen LogP contribution in [-0.4, -0.2) is 30.4 Å². The molecular formula is C20H30N2O3. The highest BCUT2D eigenvalue weighted by atomic mass is 16.5. The molecule has 138 valence electrons. The first kappa shape index (κ1) is 19.2. The monoisotopic (exact) mass is 346 g/mol. The molecule has 2 aromatic rings. The molecule has 0 bridgehead atoms. The van der Waals surface area contributed by atoms with Gasteiger partial charge >= 0.3 is 0 Å². The average molecular weight is 346 g/mol. The van der Waals surface area contributed by atoms with Crippen LogP contribution < -0.4 is 15.2 Å². The van der Waals surface area contributed by atoms with E-state index in [0.717, 1.165) is 18.5 Å². The minimum Gasteiger partial charge on any atom is -0.504 e. The maximum Gasteiger partial charge on any atom is 0.297 e. The van der Waals surface area contributed by atoms with Crippen molar-refractivity contribution in [1.82, 2.24) is 4.57 Å². The Morgan fingerprint density at radius 1 is 1.12 bits per heavy atom. The summed E-state index contributed by atoms with van der Waals surface area (Å²) in [5, 5.41) is 11.1. The quantitative estimate of drug-likeness (QED) is 0.696. The van der Waals surface area contributed by atoms with E-state index in [9.17, 15) is 9.90 Å². The van der Waals surface area contributed by atoms with Crippen molar-refractivity contribution in [2.45, 2.75) is 45.4 Å². The fourth-order valence-electron chi connectivity index (χ4n) is 2.95. The topological polar surface area (TPSA) is 54.7 Å². The Balaban J connectivity index is 2.15. The van der Waals surface area contributed by atoms with Crippen molar-refractivity contribution in [2.75, 3.05) is 25.6 Å². The molecule has 0 amide bonds. The van der Waals surface area contributed by atoms with Gasteiger partial charge in [0.05, 0.1) is 12.1 Å². The number of fused-ring (bicyclic) bond motifs is 1. The van der Waals surface area contributed by atoms with Gasteiger partial charge in [0.1, 0.15) is 0 Å². The first-order valence-electron chi connectivity index (χ1n) is 9.13. The normalized spacial score (nSPS) is 11.0. The standard InChI is InChI=1S/C20H30N2O3/c1-5-6-7-8-9-10-13-25-19-18(23)16-12-11-15(21(2)3)14-17(16)22(4)20(19)24/h11-12,14,23H,5-10,13H2,1-4H3. The lowest BCUT2D eigenvalue weighted by atomic mass is 10.1. The van der Waals surface area contributed by atoms with Gasteiger partial charge in [0.25, 0.3) is 5.56 Å². The number of hydrogen-bond acceptors (Lipinski definition) is 4. The van der Waals surface area contributed by atoms with Crippen LogP contribution >= 0.6 is 0 Å². The summed E-state index contributed by atoms with van der Waals surface area (Å²) in [7, 11) is 5.59. The minimum atomic E-state index is -0.299. The van der Waals surface area contributed by atoms with E-state index in [-0.39, 0.29) is 17.1 Å². The average Bonchev–Trinajstić information content (AvgIpc) is 2.61. The number of anilines is 1. The maximum absolute atomic E-state index is 12.6. The van der Waals surface area contributed by atoms with E-state index in [1.165, 1.54) is 25.7 Å². The Kier molecular flexibility index (Phi) is 6.73. The fraction of sp³-hybridized carbons (Fsp3) is 0.550. The number of rotatable bonds is 9. The summed E-state index contributed by atoms with van der Waals surface area (Å²) in [4.78, 5) is 14.5. The smallest absolute Gasteiger partial charge is 0.297 e. The first-order valence-corrected chi connectivity index (χ1v) is 9.13. The number of ether oxygens (including phenoxy) is 1. The number of aryl methyl sites for hydroxylation is 1. The molecule has 5 nitrogen and oxygen atoms in total. The number of unbranched alkanes of at least 4 members (excludes halogenated alkanes) is 5. The molecule has 0 aliphatic heterocycles. The van der Waals surface area contributed by atoms with Crippen molar-refractivity contribution in [2.24, 2.45) is 7.05 Å². The van der Waals surface area contributed by atoms with Gasteiger partial charge in [-0.15, -0.1) is 0 Å². The van der Waals surface area contributed by atoms with E-state index in [2.05, 4.69) is 6.92 Å². The Labute approximate surface area is 149 Å². The highest BCUT2D eigenvalue weighted by Gasteiger charge is 2.16. The van der Waals surface area contributed by atoms with E-state index < -0.39 is 0 Å². The van der Waals surface area contributed by atoms with Crippen LogP contribution in [0, 0.1) is 0 Å². The molecule has 0 aliphatic rings. The molecule has 0 atom stereocenters. The molecule has 0 radical (unpaired) electrons. The zero-order valence-corrected chi connectivity index (χ0v) is 15.8. The van der Waals surface area contributed by atoms with Crippen molar-refractivity contribution >= 4 is 16.6 Å². The largest absolute Gasteiger partial charge is 0.504 e. The third kappa shape index (κ3) is 4.47.